The molecule has 1 aliphatic rings. The molecule has 0 atom stereocenters. The fraction of sp³-hybridized carbons (Fsp3) is 0.167. The molecule has 0 saturated heterocycles. The van der Waals surface area contributed by atoms with E-state index in [1.54, 1.807) is 12.4 Å². The molecular formula is C18H16ClN3O2S. The number of nitrogens with zero attached hydrogens (tertiary/aromatic N) is 2. The van der Waals surface area contributed by atoms with Gasteiger partial charge in [-0.3, -0.25) is 4.72 Å². The molecule has 7 heteroatoms. The van der Waals surface area contributed by atoms with Crippen molar-refractivity contribution in [1.82, 2.24) is 9.55 Å². The van der Waals surface area contributed by atoms with Crippen LogP contribution in [0.1, 0.15) is 11.3 Å². The molecule has 0 amide bonds. The second-order valence-corrected chi connectivity index (χ2v) is 8.41. The van der Waals surface area contributed by atoms with Crippen molar-refractivity contribution >= 4 is 27.3 Å². The average Bonchev–Trinajstić information content (AvgIpc) is 3.01. The van der Waals surface area contributed by atoms with Gasteiger partial charge in [-0.1, -0.05) is 23.7 Å². The Morgan fingerprint density at radius 2 is 1.96 bits per heavy atom. The highest BCUT2D eigenvalue weighted by atomic mass is 35.5. The number of benzene rings is 2. The van der Waals surface area contributed by atoms with Crippen LogP contribution < -0.4 is 4.72 Å². The zero-order chi connectivity index (χ0) is 17.6. The van der Waals surface area contributed by atoms with Crippen LogP contribution in [-0.4, -0.2) is 23.7 Å². The smallest absolute Gasteiger partial charge is 0.233 e. The number of aryl methyl sites for hydroxylation is 2. The third kappa shape index (κ3) is 3.15. The lowest BCUT2D eigenvalue weighted by Crippen LogP contribution is -2.24. The molecule has 0 fully saturated rings. The van der Waals surface area contributed by atoms with E-state index >= 15 is 0 Å². The molecule has 0 bridgehead atoms. The average molecular weight is 374 g/mol. The van der Waals surface area contributed by atoms with Crippen molar-refractivity contribution in [1.29, 1.82) is 0 Å². The van der Waals surface area contributed by atoms with Gasteiger partial charge in [-0.05, 0) is 48.7 Å². The second kappa shape index (κ2) is 5.89. The molecule has 0 radical (unpaired) electrons. The summed E-state index contributed by atoms with van der Waals surface area (Å²) in [7, 11) is -3.29. The van der Waals surface area contributed by atoms with Crippen LogP contribution >= 0.6 is 11.6 Å². The van der Waals surface area contributed by atoms with E-state index in [0.29, 0.717) is 17.1 Å². The molecule has 4 rings (SSSR count). The minimum atomic E-state index is -3.29. The normalized spacial score (nSPS) is 15.4. The van der Waals surface area contributed by atoms with Crippen LogP contribution in [0.3, 0.4) is 0 Å². The van der Waals surface area contributed by atoms with Gasteiger partial charge in [0.2, 0.25) is 10.0 Å². The number of hydrogen-bond acceptors (Lipinski definition) is 3. The minimum absolute atomic E-state index is 0.0820. The maximum Gasteiger partial charge on any atom is 0.233 e. The summed E-state index contributed by atoms with van der Waals surface area (Å²) in [5, 5.41) is 0.601. The van der Waals surface area contributed by atoms with Crippen LogP contribution in [-0.2, 0) is 16.4 Å². The Labute approximate surface area is 151 Å². The van der Waals surface area contributed by atoms with Gasteiger partial charge in [0.25, 0.3) is 0 Å². The van der Waals surface area contributed by atoms with E-state index in [9.17, 15) is 8.42 Å². The van der Waals surface area contributed by atoms with Crippen LogP contribution in [0.25, 0.3) is 16.8 Å². The third-order valence-electron chi connectivity index (χ3n) is 4.27. The van der Waals surface area contributed by atoms with E-state index in [1.807, 2.05) is 48.0 Å². The number of hydrogen-bond donors (Lipinski definition) is 1. The second-order valence-electron chi connectivity index (χ2n) is 6.13. The SMILES string of the molecule is Cc1cn(-c2ccc(-c3cc(Cl)cc4c3NS(=O)(=O)CC4)cc2)cn1. The first-order valence-electron chi connectivity index (χ1n) is 7.86. The Hall–Kier alpha value is -2.31. The van der Waals surface area contributed by atoms with Crippen molar-refractivity contribution in [2.24, 2.45) is 0 Å². The molecule has 1 aliphatic heterocycles. The number of sulfonamides is 1. The number of anilines is 1. The molecular weight excluding hydrogens is 358 g/mol. The Kier molecular flexibility index (Phi) is 3.81. The summed E-state index contributed by atoms with van der Waals surface area (Å²) < 4.78 is 28.6. The Morgan fingerprint density at radius 1 is 1.20 bits per heavy atom. The van der Waals surface area contributed by atoms with Crippen LogP contribution in [0.2, 0.25) is 5.02 Å². The monoisotopic (exact) mass is 373 g/mol. The van der Waals surface area contributed by atoms with E-state index in [4.69, 9.17) is 11.6 Å². The molecule has 128 valence electrons. The Bertz CT molecular complexity index is 1060. The molecule has 1 aromatic heterocycles. The number of imidazole rings is 1. The van der Waals surface area contributed by atoms with Gasteiger partial charge in [-0.15, -0.1) is 0 Å². The predicted molar refractivity (Wildman–Crippen MR) is 99.9 cm³/mol. The minimum Gasteiger partial charge on any atom is -0.306 e. The van der Waals surface area contributed by atoms with E-state index in [-0.39, 0.29) is 5.75 Å². The van der Waals surface area contributed by atoms with E-state index in [0.717, 1.165) is 28.1 Å². The summed E-state index contributed by atoms with van der Waals surface area (Å²) >= 11 is 6.24. The van der Waals surface area contributed by atoms with Crippen molar-refractivity contribution < 1.29 is 8.42 Å². The molecule has 3 aromatic rings. The standard InChI is InChI=1S/C18H16ClN3O2S/c1-12-10-22(11-20-12)16-4-2-13(3-5-16)17-9-15(19)8-14-6-7-25(23,24)21-18(14)17/h2-5,8-11,21H,6-7H2,1H3. The summed E-state index contributed by atoms with van der Waals surface area (Å²) in [6, 6.07) is 11.5. The fourth-order valence-corrected chi connectivity index (χ4v) is 4.42. The van der Waals surface area contributed by atoms with Crippen molar-refractivity contribution in [3.05, 3.63) is 65.2 Å². The lowest BCUT2D eigenvalue weighted by Gasteiger charge is -2.22. The number of nitrogens with one attached hydrogen (secondary N) is 1. The fourth-order valence-electron chi connectivity index (χ4n) is 3.04. The number of rotatable bonds is 2. The van der Waals surface area contributed by atoms with Gasteiger partial charge in [0.15, 0.2) is 0 Å². The van der Waals surface area contributed by atoms with Gasteiger partial charge in [0.05, 0.1) is 23.5 Å². The highest BCUT2D eigenvalue weighted by molar-refractivity contribution is 7.92. The van der Waals surface area contributed by atoms with Gasteiger partial charge < -0.3 is 4.57 Å². The lowest BCUT2D eigenvalue weighted by molar-refractivity contribution is 0.599. The van der Waals surface area contributed by atoms with Crippen molar-refractivity contribution in [3.8, 4) is 16.8 Å². The summed E-state index contributed by atoms with van der Waals surface area (Å²) in [5.74, 6) is 0.0820. The van der Waals surface area contributed by atoms with Gasteiger partial charge in [0, 0.05) is 22.5 Å². The maximum atomic E-state index is 12.0. The molecule has 2 aromatic carbocycles. The number of halogens is 1. The Balaban J connectivity index is 1.78. The number of fused-ring (bicyclic) bond motifs is 1. The van der Waals surface area contributed by atoms with Crippen molar-refractivity contribution in [2.45, 2.75) is 13.3 Å². The molecule has 25 heavy (non-hydrogen) atoms. The topological polar surface area (TPSA) is 64.0 Å². The summed E-state index contributed by atoms with van der Waals surface area (Å²) in [6.07, 6.45) is 4.18. The summed E-state index contributed by atoms with van der Waals surface area (Å²) in [4.78, 5) is 4.23. The van der Waals surface area contributed by atoms with E-state index in [1.165, 1.54) is 0 Å². The zero-order valence-corrected chi connectivity index (χ0v) is 15.1. The van der Waals surface area contributed by atoms with Crippen LogP contribution in [0, 0.1) is 6.92 Å². The predicted octanol–water partition coefficient (Wildman–Crippen LogP) is 3.80. The molecule has 0 unspecified atom stereocenters. The largest absolute Gasteiger partial charge is 0.306 e. The van der Waals surface area contributed by atoms with Gasteiger partial charge in [0.1, 0.15) is 0 Å². The van der Waals surface area contributed by atoms with Gasteiger partial charge >= 0.3 is 0 Å². The van der Waals surface area contributed by atoms with E-state index in [2.05, 4.69) is 9.71 Å². The van der Waals surface area contributed by atoms with Crippen LogP contribution in [0.15, 0.2) is 48.9 Å². The lowest BCUT2D eigenvalue weighted by atomic mass is 9.98. The molecule has 1 N–H and O–H groups in total. The third-order valence-corrected chi connectivity index (χ3v) is 5.75. The first-order chi connectivity index (χ1) is 11.9. The Morgan fingerprint density at radius 3 is 2.64 bits per heavy atom. The van der Waals surface area contributed by atoms with Crippen molar-refractivity contribution in [2.75, 3.05) is 10.5 Å². The molecule has 5 nitrogen and oxygen atoms in total. The maximum absolute atomic E-state index is 12.0. The summed E-state index contributed by atoms with van der Waals surface area (Å²) in [5.41, 5.74) is 5.18. The van der Waals surface area contributed by atoms with Crippen LogP contribution in [0.5, 0.6) is 0 Å². The molecule has 0 spiro atoms. The first-order valence-corrected chi connectivity index (χ1v) is 9.89. The highest BCUT2D eigenvalue weighted by Crippen LogP contribution is 2.37. The molecule has 0 aliphatic carbocycles. The zero-order valence-electron chi connectivity index (χ0n) is 13.5. The first kappa shape index (κ1) is 16.2. The quantitative estimate of drug-likeness (QED) is 0.743. The number of aromatic nitrogens is 2. The van der Waals surface area contributed by atoms with Crippen molar-refractivity contribution in [3.63, 3.8) is 0 Å². The van der Waals surface area contributed by atoms with Gasteiger partial charge in [-0.2, -0.15) is 0 Å². The van der Waals surface area contributed by atoms with Crippen LogP contribution in [0.4, 0.5) is 5.69 Å². The highest BCUT2D eigenvalue weighted by Gasteiger charge is 2.23. The molecule has 0 saturated carbocycles. The van der Waals surface area contributed by atoms with E-state index < -0.39 is 10.0 Å². The van der Waals surface area contributed by atoms with Gasteiger partial charge in [-0.25, -0.2) is 13.4 Å². The molecule has 2 heterocycles. The summed E-state index contributed by atoms with van der Waals surface area (Å²) in [6.45, 7) is 1.94.